The van der Waals surface area contributed by atoms with E-state index in [0.717, 1.165) is 0 Å². The molecule has 1 atom stereocenters. The monoisotopic (exact) mass is 245 g/mol. The van der Waals surface area contributed by atoms with Crippen LogP contribution in [0, 0.1) is 0 Å². The van der Waals surface area contributed by atoms with E-state index in [0.29, 0.717) is 6.04 Å². The Labute approximate surface area is 85.6 Å². The van der Waals surface area contributed by atoms with E-state index in [1.807, 2.05) is 7.05 Å². The highest BCUT2D eigenvalue weighted by molar-refractivity contribution is 9.10. The number of nitrogens with one attached hydrogen (secondary N) is 1. The SMILES string of the molecule is CNC(C)/C=C/c1sccc1Br. The minimum atomic E-state index is 0.430. The summed E-state index contributed by atoms with van der Waals surface area (Å²) < 4.78 is 1.17. The van der Waals surface area contributed by atoms with Gasteiger partial charge in [0.25, 0.3) is 0 Å². The molecular formula is C9H12BrNS. The van der Waals surface area contributed by atoms with Crippen molar-refractivity contribution in [3.63, 3.8) is 0 Å². The largest absolute Gasteiger partial charge is 0.314 e. The van der Waals surface area contributed by atoms with Crippen LogP contribution in [0.3, 0.4) is 0 Å². The summed E-state index contributed by atoms with van der Waals surface area (Å²) in [4.78, 5) is 1.28. The highest BCUT2D eigenvalue weighted by Gasteiger charge is 1.96. The number of halogens is 1. The average molecular weight is 246 g/mol. The van der Waals surface area contributed by atoms with Crippen molar-refractivity contribution in [1.29, 1.82) is 0 Å². The van der Waals surface area contributed by atoms with Crippen molar-refractivity contribution in [2.24, 2.45) is 0 Å². The Bertz CT molecular complexity index is 267. The zero-order valence-corrected chi connectivity index (χ0v) is 9.58. The van der Waals surface area contributed by atoms with Crippen molar-refractivity contribution in [2.75, 3.05) is 7.05 Å². The molecule has 0 aliphatic carbocycles. The van der Waals surface area contributed by atoms with E-state index in [4.69, 9.17) is 0 Å². The molecule has 66 valence electrons. The van der Waals surface area contributed by atoms with Gasteiger partial charge in [-0.25, -0.2) is 0 Å². The van der Waals surface area contributed by atoms with E-state index in [9.17, 15) is 0 Å². The zero-order valence-electron chi connectivity index (χ0n) is 7.17. The Morgan fingerprint density at radius 2 is 2.42 bits per heavy atom. The van der Waals surface area contributed by atoms with Gasteiger partial charge >= 0.3 is 0 Å². The lowest BCUT2D eigenvalue weighted by Gasteiger charge is -2.01. The van der Waals surface area contributed by atoms with Crippen molar-refractivity contribution >= 4 is 33.3 Å². The highest BCUT2D eigenvalue weighted by atomic mass is 79.9. The number of thiophene rings is 1. The molecular weight excluding hydrogens is 234 g/mol. The van der Waals surface area contributed by atoms with Crippen LogP contribution in [0.2, 0.25) is 0 Å². The maximum absolute atomic E-state index is 3.48. The second-order valence-electron chi connectivity index (χ2n) is 2.57. The molecule has 12 heavy (non-hydrogen) atoms. The van der Waals surface area contributed by atoms with Crippen molar-refractivity contribution in [1.82, 2.24) is 5.32 Å². The lowest BCUT2D eigenvalue weighted by atomic mass is 10.3. The number of rotatable bonds is 3. The molecule has 0 aliphatic heterocycles. The van der Waals surface area contributed by atoms with Gasteiger partial charge in [0.05, 0.1) is 0 Å². The quantitative estimate of drug-likeness (QED) is 0.863. The number of likely N-dealkylation sites (N-methyl/N-ethyl adjacent to an activating group) is 1. The van der Waals surface area contributed by atoms with Gasteiger partial charge in [0.2, 0.25) is 0 Å². The predicted octanol–water partition coefficient (Wildman–Crippen LogP) is 3.13. The van der Waals surface area contributed by atoms with Crippen LogP contribution >= 0.6 is 27.3 Å². The van der Waals surface area contributed by atoms with E-state index >= 15 is 0 Å². The maximum atomic E-state index is 3.48. The Morgan fingerprint density at radius 3 is 2.92 bits per heavy atom. The first kappa shape index (κ1) is 9.96. The first-order valence-electron chi connectivity index (χ1n) is 3.82. The normalized spacial score (nSPS) is 13.9. The predicted molar refractivity (Wildman–Crippen MR) is 59.6 cm³/mol. The van der Waals surface area contributed by atoms with Gasteiger partial charge in [0.1, 0.15) is 0 Å². The lowest BCUT2D eigenvalue weighted by Crippen LogP contribution is -2.17. The minimum Gasteiger partial charge on any atom is -0.314 e. The summed E-state index contributed by atoms with van der Waals surface area (Å²) in [6, 6.07) is 2.49. The fraction of sp³-hybridized carbons (Fsp3) is 0.333. The molecule has 1 aromatic heterocycles. The molecule has 0 spiro atoms. The van der Waals surface area contributed by atoms with Crippen LogP contribution in [-0.4, -0.2) is 13.1 Å². The molecule has 1 unspecified atom stereocenters. The summed E-state index contributed by atoms with van der Waals surface area (Å²) in [7, 11) is 1.96. The molecule has 3 heteroatoms. The van der Waals surface area contributed by atoms with Crippen LogP contribution in [0.15, 0.2) is 22.0 Å². The summed E-state index contributed by atoms with van der Waals surface area (Å²) >= 11 is 5.22. The molecule has 0 bridgehead atoms. The molecule has 0 fully saturated rings. The molecule has 0 amide bonds. The van der Waals surface area contributed by atoms with Crippen molar-refractivity contribution in [3.05, 3.63) is 26.9 Å². The Hall–Kier alpha value is -0.120. The molecule has 0 saturated carbocycles. The van der Waals surface area contributed by atoms with Gasteiger partial charge in [0, 0.05) is 15.4 Å². The Morgan fingerprint density at radius 1 is 1.67 bits per heavy atom. The van der Waals surface area contributed by atoms with Gasteiger partial charge in [-0.1, -0.05) is 6.08 Å². The van der Waals surface area contributed by atoms with Crippen LogP contribution in [0.25, 0.3) is 6.08 Å². The van der Waals surface area contributed by atoms with Crippen molar-refractivity contribution < 1.29 is 0 Å². The van der Waals surface area contributed by atoms with Gasteiger partial charge in [0.15, 0.2) is 0 Å². The fourth-order valence-corrected chi connectivity index (χ4v) is 2.16. The molecule has 1 N–H and O–H groups in total. The minimum absolute atomic E-state index is 0.430. The summed E-state index contributed by atoms with van der Waals surface area (Å²) in [5, 5.41) is 5.23. The van der Waals surface area contributed by atoms with E-state index in [1.165, 1.54) is 9.35 Å². The van der Waals surface area contributed by atoms with Crippen LogP contribution in [0.5, 0.6) is 0 Å². The molecule has 0 aromatic carbocycles. The van der Waals surface area contributed by atoms with Gasteiger partial charge in [-0.15, -0.1) is 11.3 Å². The average Bonchev–Trinajstić information content (AvgIpc) is 2.47. The molecule has 1 nitrogen and oxygen atoms in total. The summed E-state index contributed by atoms with van der Waals surface area (Å²) in [6.07, 6.45) is 4.28. The Balaban J connectivity index is 2.63. The standard InChI is InChI=1S/C9H12BrNS/c1-7(11-2)3-4-9-8(10)5-6-12-9/h3-7,11H,1-2H3/b4-3+. The second kappa shape index (κ2) is 4.80. The van der Waals surface area contributed by atoms with Crippen molar-refractivity contribution in [2.45, 2.75) is 13.0 Å². The summed E-state index contributed by atoms with van der Waals surface area (Å²) in [5.41, 5.74) is 0. The third kappa shape index (κ3) is 2.73. The molecule has 1 heterocycles. The van der Waals surface area contributed by atoms with Gasteiger partial charge in [-0.3, -0.25) is 0 Å². The van der Waals surface area contributed by atoms with Gasteiger partial charge < -0.3 is 5.32 Å². The van der Waals surface area contributed by atoms with Crippen molar-refractivity contribution in [3.8, 4) is 0 Å². The van der Waals surface area contributed by atoms with Crippen LogP contribution in [-0.2, 0) is 0 Å². The first-order chi connectivity index (χ1) is 5.74. The molecule has 0 radical (unpaired) electrons. The molecule has 0 aliphatic rings. The smallest absolute Gasteiger partial charge is 0.0409 e. The van der Waals surface area contributed by atoms with Gasteiger partial charge in [-0.05, 0) is 47.4 Å². The number of hydrogen-bond donors (Lipinski definition) is 1. The Kier molecular flexibility index (Phi) is 3.98. The zero-order chi connectivity index (χ0) is 8.97. The highest BCUT2D eigenvalue weighted by Crippen LogP contribution is 2.23. The molecule has 0 saturated heterocycles. The number of hydrogen-bond acceptors (Lipinski definition) is 2. The second-order valence-corrected chi connectivity index (χ2v) is 4.37. The lowest BCUT2D eigenvalue weighted by molar-refractivity contribution is 0.732. The summed E-state index contributed by atoms with van der Waals surface area (Å²) in [6.45, 7) is 2.12. The van der Waals surface area contributed by atoms with Gasteiger partial charge in [-0.2, -0.15) is 0 Å². The molecule has 1 rings (SSSR count). The van der Waals surface area contributed by atoms with E-state index in [-0.39, 0.29) is 0 Å². The topological polar surface area (TPSA) is 12.0 Å². The van der Waals surface area contributed by atoms with E-state index in [2.05, 4.69) is 51.8 Å². The van der Waals surface area contributed by atoms with Crippen LogP contribution in [0.4, 0.5) is 0 Å². The van der Waals surface area contributed by atoms with Crippen LogP contribution < -0.4 is 5.32 Å². The van der Waals surface area contributed by atoms with Crippen LogP contribution in [0.1, 0.15) is 11.8 Å². The fourth-order valence-electron chi connectivity index (χ4n) is 0.752. The molecule has 1 aromatic rings. The first-order valence-corrected chi connectivity index (χ1v) is 5.49. The summed E-state index contributed by atoms with van der Waals surface area (Å²) in [5.74, 6) is 0. The maximum Gasteiger partial charge on any atom is 0.0409 e. The third-order valence-corrected chi connectivity index (χ3v) is 3.47. The third-order valence-electron chi connectivity index (χ3n) is 1.64. The van der Waals surface area contributed by atoms with E-state index in [1.54, 1.807) is 11.3 Å². The van der Waals surface area contributed by atoms with E-state index < -0.39 is 0 Å².